The smallest absolute Gasteiger partial charge is 0.322 e. The highest BCUT2D eigenvalue weighted by atomic mass is 32.2. The molecule has 0 saturated carbocycles. The molecule has 6 nitrogen and oxygen atoms in total. The van der Waals surface area contributed by atoms with Gasteiger partial charge in [-0.3, -0.25) is 4.79 Å². The summed E-state index contributed by atoms with van der Waals surface area (Å²) in [4.78, 5) is 10.9. The molecule has 0 bridgehead atoms. The summed E-state index contributed by atoms with van der Waals surface area (Å²) in [5, 5.41) is 16.4. The Morgan fingerprint density at radius 3 is 2.69 bits per heavy atom. The average molecular weight is 246 g/mol. The SMILES string of the molecule is CC(C#N)S(=O)(=O)N1CCCC[C@H]1C(=O)O. The van der Waals surface area contributed by atoms with E-state index >= 15 is 0 Å². The van der Waals surface area contributed by atoms with Gasteiger partial charge in [0.25, 0.3) is 0 Å². The first-order chi connectivity index (χ1) is 7.41. The Bertz CT molecular complexity index is 412. The monoisotopic (exact) mass is 246 g/mol. The summed E-state index contributed by atoms with van der Waals surface area (Å²) in [5.41, 5.74) is 0. The lowest BCUT2D eigenvalue weighted by molar-refractivity contribution is -0.142. The van der Waals surface area contributed by atoms with Crippen LogP contribution in [0.25, 0.3) is 0 Å². The summed E-state index contributed by atoms with van der Waals surface area (Å²) in [6.45, 7) is 1.45. The highest BCUT2D eigenvalue weighted by molar-refractivity contribution is 7.90. The van der Waals surface area contributed by atoms with Crippen LogP contribution in [0.4, 0.5) is 0 Å². The van der Waals surface area contributed by atoms with E-state index in [-0.39, 0.29) is 6.54 Å². The molecule has 1 unspecified atom stereocenters. The molecule has 2 atom stereocenters. The maximum Gasteiger partial charge on any atom is 0.322 e. The molecule has 1 aliphatic rings. The topological polar surface area (TPSA) is 98.5 Å². The van der Waals surface area contributed by atoms with Gasteiger partial charge in [-0.1, -0.05) is 0 Å². The van der Waals surface area contributed by atoms with Crippen molar-refractivity contribution in [3.63, 3.8) is 0 Å². The van der Waals surface area contributed by atoms with Gasteiger partial charge in [0.1, 0.15) is 6.04 Å². The first-order valence-corrected chi connectivity index (χ1v) is 6.54. The Balaban J connectivity index is 3.01. The fourth-order valence-electron chi connectivity index (χ4n) is 1.73. The van der Waals surface area contributed by atoms with Crippen LogP contribution in [0.3, 0.4) is 0 Å². The van der Waals surface area contributed by atoms with Gasteiger partial charge in [0.05, 0.1) is 6.07 Å². The number of rotatable bonds is 3. The zero-order valence-electron chi connectivity index (χ0n) is 8.96. The molecule has 16 heavy (non-hydrogen) atoms. The minimum atomic E-state index is -3.81. The van der Waals surface area contributed by atoms with Crippen molar-refractivity contribution in [3.8, 4) is 6.07 Å². The second kappa shape index (κ2) is 4.80. The third-order valence-electron chi connectivity index (χ3n) is 2.69. The summed E-state index contributed by atoms with van der Waals surface area (Å²) in [7, 11) is -3.81. The maximum atomic E-state index is 11.9. The van der Waals surface area contributed by atoms with E-state index in [2.05, 4.69) is 0 Å². The molecule has 1 heterocycles. The standard InChI is InChI=1S/C9H14N2O4S/c1-7(6-10)16(14,15)11-5-3-2-4-8(11)9(12)13/h7-8H,2-5H2,1H3,(H,12,13)/t7?,8-/m0/s1. The van der Waals surface area contributed by atoms with E-state index < -0.39 is 27.3 Å². The summed E-state index contributed by atoms with van der Waals surface area (Å²) >= 11 is 0. The quantitative estimate of drug-likeness (QED) is 0.765. The summed E-state index contributed by atoms with van der Waals surface area (Å²) in [6.07, 6.45) is 1.65. The predicted molar refractivity (Wildman–Crippen MR) is 56.0 cm³/mol. The number of hydrogen-bond acceptors (Lipinski definition) is 4. The van der Waals surface area contributed by atoms with E-state index in [1.807, 2.05) is 0 Å². The number of sulfonamides is 1. The van der Waals surface area contributed by atoms with Gasteiger partial charge in [-0.15, -0.1) is 0 Å². The summed E-state index contributed by atoms with van der Waals surface area (Å²) in [5.74, 6) is -1.14. The van der Waals surface area contributed by atoms with Crippen LogP contribution in [-0.2, 0) is 14.8 Å². The number of carboxylic acids is 1. The second-order valence-electron chi connectivity index (χ2n) is 3.78. The molecule has 1 N–H and O–H groups in total. The van der Waals surface area contributed by atoms with Crippen LogP contribution in [0, 0.1) is 11.3 Å². The van der Waals surface area contributed by atoms with Crippen molar-refractivity contribution in [1.82, 2.24) is 4.31 Å². The van der Waals surface area contributed by atoms with Crippen LogP contribution in [0.2, 0.25) is 0 Å². The Labute approximate surface area is 94.5 Å². The summed E-state index contributed by atoms with van der Waals surface area (Å²) < 4.78 is 24.7. The molecule has 7 heteroatoms. The minimum Gasteiger partial charge on any atom is -0.480 e. The first-order valence-electron chi connectivity index (χ1n) is 5.04. The number of aliphatic carboxylic acids is 1. The Kier molecular flexibility index (Phi) is 3.88. The van der Waals surface area contributed by atoms with Crippen molar-refractivity contribution in [2.45, 2.75) is 37.5 Å². The lowest BCUT2D eigenvalue weighted by Gasteiger charge is -2.32. The van der Waals surface area contributed by atoms with Gasteiger partial charge >= 0.3 is 5.97 Å². The normalized spacial score (nSPS) is 24.6. The molecule has 0 aromatic carbocycles. The van der Waals surface area contributed by atoms with Gasteiger partial charge in [0.2, 0.25) is 10.0 Å². The fraction of sp³-hybridized carbons (Fsp3) is 0.778. The van der Waals surface area contributed by atoms with Crippen LogP contribution in [0.15, 0.2) is 0 Å². The molecule has 0 spiro atoms. The number of nitriles is 1. The second-order valence-corrected chi connectivity index (χ2v) is 5.98. The van der Waals surface area contributed by atoms with Gasteiger partial charge in [0.15, 0.2) is 5.25 Å². The number of hydrogen-bond donors (Lipinski definition) is 1. The summed E-state index contributed by atoms with van der Waals surface area (Å²) in [6, 6.07) is 0.620. The molecule has 0 aliphatic carbocycles. The molecule has 90 valence electrons. The van der Waals surface area contributed by atoms with E-state index in [0.717, 1.165) is 4.31 Å². The number of carbonyl (C=O) groups is 1. The Morgan fingerprint density at radius 1 is 1.56 bits per heavy atom. The molecule has 0 aromatic heterocycles. The van der Waals surface area contributed by atoms with Crippen LogP contribution in [0.5, 0.6) is 0 Å². The van der Waals surface area contributed by atoms with Crippen molar-refractivity contribution in [3.05, 3.63) is 0 Å². The largest absolute Gasteiger partial charge is 0.480 e. The third-order valence-corrected chi connectivity index (χ3v) is 4.78. The van der Waals surface area contributed by atoms with Gasteiger partial charge in [-0.25, -0.2) is 8.42 Å². The minimum absolute atomic E-state index is 0.186. The van der Waals surface area contributed by atoms with Crippen LogP contribution < -0.4 is 0 Å². The van der Waals surface area contributed by atoms with E-state index in [1.165, 1.54) is 6.92 Å². The Morgan fingerprint density at radius 2 is 2.19 bits per heavy atom. The molecule has 1 aliphatic heterocycles. The molecule has 0 radical (unpaired) electrons. The van der Waals surface area contributed by atoms with Crippen LogP contribution in [-0.4, -0.2) is 41.6 Å². The van der Waals surface area contributed by atoms with Gasteiger partial charge in [-0.05, 0) is 26.2 Å². The van der Waals surface area contributed by atoms with E-state index in [9.17, 15) is 13.2 Å². The molecular formula is C9H14N2O4S. The highest BCUT2D eigenvalue weighted by Crippen LogP contribution is 2.22. The van der Waals surface area contributed by atoms with Crippen molar-refractivity contribution in [2.75, 3.05) is 6.54 Å². The molecule has 0 aromatic rings. The molecule has 1 saturated heterocycles. The van der Waals surface area contributed by atoms with E-state index in [4.69, 9.17) is 10.4 Å². The predicted octanol–water partition coefficient (Wildman–Crippen LogP) is 0.167. The van der Waals surface area contributed by atoms with Gasteiger partial charge in [0, 0.05) is 6.54 Å². The van der Waals surface area contributed by atoms with E-state index in [0.29, 0.717) is 19.3 Å². The van der Waals surface area contributed by atoms with Crippen molar-refractivity contribution >= 4 is 16.0 Å². The zero-order valence-corrected chi connectivity index (χ0v) is 9.77. The zero-order chi connectivity index (χ0) is 12.3. The van der Waals surface area contributed by atoms with Gasteiger partial charge in [-0.2, -0.15) is 9.57 Å². The fourth-order valence-corrected chi connectivity index (χ4v) is 3.20. The van der Waals surface area contributed by atoms with Crippen LogP contribution >= 0.6 is 0 Å². The van der Waals surface area contributed by atoms with Crippen molar-refractivity contribution in [2.24, 2.45) is 0 Å². The molecular weight excluding hydrogens is 232 g/mol. The lowest BCUT2D eigenvalue weighted by Crippen LogP contribution is -2.50. The van der Waals surface area contributed by atoms with Gasteiger partial charge < -0.3 is 5.11 Å². The van der Waals surface area contributed by atoms with Crippen LogP contribution in [0.1, 0.15) is 26.2 Å². The molecule has 0 amide bonds. The Hall–Kier alpha value is -1.13. The maximum absolute atomic E-state index is 11.9. The molecule has 1 rings (SSSR count). The highest BCUT2D eigenvalue weighted by Gasteiger charge is 2.39. The number of nitrogens with zero attached hydrogens (tertiary/aromatic N) is 2. The lowest BCUT2D eigenvalue weighted by atomic mass is 10.1. The van der Waals surface area contributed by atoms with Crippen molar-refractivity contribution < 1.29 is 18.3 Å². The molecule has 1 fully saturated rings. The number of carboxylic acid groups (broad SMARTS) is 1. The van der Waals surface area contributed by atoms with Crippen molar-refractivity contribution in [1.29, 1.82) is 5.26 Å². The van der Waals surface area contributed by atoms with E-state index in [1.54, 1.807) is 6.07 Å². The third kappa shape index (κ3) is 2.33. The number of piperidine rings is 1. The average Bonchev–Trinajstić information content (AvgIpc) is 2.27. The first kappa shape index (κ1) is 12.9.